The molecule has 0 aliphatic rings. The van der Waals surface area contributed by atoms with Crippen LogP contribution in [0.2, 0.25) is 0 Å². The monoisotopic (exact) mass is 312 g/mol. The standard InChI is InChI=1S/C13H16N2O5S/c1-9-2-3-11(8-10(9)4-5-12(16)17)13(18)15-6-7-21(14,19)20/h2-5,8H,6-7H2,1H3,(H,15,18)(H,16,17)(H2,14,19,20)/b5-4+. The summed E-state index contributed by atoms with van der Waals surface area (Å²) in [5.41, 5.74) is 1.71. The second kappa shape index (κ2) is 7.00. The summed E-state index contributed by atoms with van der Waals surface area (Å²) in [7, 11) is -3.63. The zero-order chi connectivity index (χ0) is 16.0. The van der Waals surface area contributed by atoms with E-state index in [1.807, 2.05) is 0 Å². The van der Waals surface area contributed by atoms with E-state index in [-0.39, 0.29) is 12.3 Å². The van der Waals surface area contributed by atoms with Gasteiger partial charge in [0.2, 0.25) is 10.0 Å². The van der Waals surface area contributed by atoms with Gasteiger partial charge in [-0.1, -0.05) is 6.07 Å². The van der Waals surface area contributed by atoms with Crippen molar-refractivity contribution in [1.82, 2.24) is 5.32 Å². The molecule has 0 aliphatic carbocycles. The predicted molar refractivity (Wildman–Crippen MR) is 78.2 cm³/mol. The summed E-state index contributed by atoms with van der Waals surface area (Å²) < 4.78 is 21.5. The molecule has 0 heterocycles. The van der Waals surface area contributed by atoms with Gasteiger partial charge in [-0.05, 0) is 36.3 Å². The minimum absolute atomic E-state index is 0.0914. The van der Waals surface area contributed by atoms with Crippen molar-refractivity contribution in [3.05, 3.63) is 41.0 Å². The van der Waals surface area contributed by atoms with Gasteiger partial charge in [-0.3, -0.25) is 4.79 Å². The maximum absolute atomic E-state index is 11.8. The van der Waals surface area contributed by atoms with Crippen LogP contribution < -0.4 is 10.5 Å². The summed E-state index contributed by atoms with van der Waals surface area (Å²) >= 11 is 0. The van der Waals surface area contributed by atoms with E-state index in [2.05, 4.69) is 5.32 Å². The SMILES string of the molecule is Cc1ccc(C(=O)NCCS(N)(=O)=O)cc1/C=C/C(=O)O. The van der Waals surface area contributed by atoms with Crippen molar-refractivity contribution in [2.24, 2.45) is 5.14 Å². The third-order valence-electron chi connectivity index (χ3n) is 2.62. The molecule has 7 nitrogen and oxygen atoms in total. The van der Waals surface area contributed by atoms with Crippen LogP contribution in [-0.4, -0.2) is 37.7 Å². The molecule has 21 heavy (non-hydrogen) atoms. The van der Waals surface area contributed by atoms with Crippen LogP contribution in [0.15, 0.2) is 24.3 Å². The first-order valence-electron chi connectivity index (χ1n) is 5.99. The van der Waals surface area contributed by atoms with Crippen LogP contribution in [-0.2, 0) is 14.8 Å². The molecule has 0 unspecified atom stereocenters. The lowest BCUT2D eigenvalue weighted by Gasteiger charge is -2.07. The van der Waals surface area contributed by atoms with Gasteiger partial charge in [0, 0.05) is 18.2 Å². The second-order valence-electron chi connectivity index (χ2n) is 4.37. The molecule has 8 heteroatoms. The van der Waals surface area contributed by atoms with E-state index in [1.165, 1.54) is 12.1 Å². The third-order valence-corrected chi connectivity index (χ3v) is 3.39. The van der Waals surface area contributed by atoms with Crippen molar-refractivity contribution in [3.63, 3.8) is 0 Å². The van der Waals surface area contributed by atoms with Gasteiger partial charge >= 0.3 is 5.97 Å². The zero-order valence-corrected chi connectivity index (χ0v) is 12.2. The van der Waals surface area contributed by atoms with Crippen molar-refractivity contribution in [1.29, 1.82) is 0 Å². The van der Waals surface area contributed by atoms with Crippen molar-refractivity contribution in [2.75, 3.05) is 12.3 Å². The molecule has 0 saturated carbocycles. The van der Waals surface area contributed by atoms with Gasteiger partial charge in [0.1, 0.15) is 0 Å². The first-order chi connectivity index (χ1) is 9.69. The Labute approximate surface area is 122 Å². The van der Waals surface area contributed by atoms with Crippen molar-refractivity contribution in [2.45, 2.75) is 6.92 Å². The van der Waals surface area contributed by atoms with Gasteiger partial charge in [-0.2, -0.15) is 0 Å². The van der Waals surface area contributed by atoms with Crippen molar-refractivity contribution in [3.8, 4) is 0 Å². The Hall–Kier alpha value is -2.19. The molecular weight excluding hydrogens is 296 g/mol. The number of primary sulfonamides is 1. The number of benzene rings is 1. The molecule has 1 rings (SSSR count). The number of carbonyl (C=O) groups excluding carboxylic acids is 1. The average Bonchev–Trinajstić information content (AvgIpc) is 2.35. The molecule has 4 N–H and O–H groups in total. The molecule has 1 amide bonds. The molecule has 0 saturated heterocycles. The Balaban J connectivity index is 2.81. The van der Waals surface area contributed by atoms with Gasteiger partial charge < -0.3 is 10.4 Å². The number of nitrogens with one attached hydrogen (secondary N) is 1. The summed E-state index contributed by atoms with van der Waals surface area (Å²) in [5, 5.41) is 15.9. The predicted octanol–water partition coefficient (Wildman–Crippen LogP) is 0.111. The Morgan fingerprint density at radius 2 is 2.05 bits per heavy atom. The van der Waals surface area contributed by atoms with E-state index in [0.717, 1.165) is 11.6 Å². The first kappa shape index (κ1) is 16.9. The number of amides is 1. The molecule has 0 fully saturated rings. The molecule has 0 radical (unpaired) electrons. The highest BCUT2D eigenvalue weighted by Gasteiger charge is 2.09. The number of nitrogens with two attached hydrogens (primary N) is 1. The number of carboxylic acids is 1. The first-order valence-corrected chi connectivity index (χ1v) is 7.71. The number of hydrogen-bond acceptors (Lipinski definition) is 4. The van der Waals surface area contributed by atoms with Crippen LogP contribution in [0.25, 0.3) is 6.08 Å². The summed E-state index contributed by atoms with van der Waals surface area (Å²) in [6.45, 7) is 1.69. The number of hydrogen-bond donors (Lipinski definition) is 3. The van der Waals surface area contributed by atoms with Crippen LogP contribution in [0.3, 0.4) is 0 Å². The van der Waals surface area contributed by atoms with Crippen LogP contribution >= 0.6 is 0 Å². The topological polar surface area (TPSA) is 127 Å². The van der Waals surface area contributed by atoms with E-state index in [1.54, 1.807) is 19.1 Å². The summed E-state index contributed by atoms with van der Waals surface area (Å²) in [4.78, 5) is 22.3. The second-order valence-corrected chi connectivity index (χ2v) is 6.10. The average molecular weight is 312 g/mol. The lowest BCUT2D eigenvalue weighted by atomic mass is 10.0. The number of carboxylic acid groups (broad SMARTS) is 1. The van der Waals surface area contributed by atoms with Gasteiger partial charge in [0.15, 0.2) is 0 Å². The molecule has 1 aromatic carbocycles. The largest absolute Gasteiger partial charge is 0.478 e. The van der Waals surface area contributed by atoms with E-state index in [4.69, 9.17) is 10.2 Å². The molecule has 0 spiro atoms. The highest BCUT2D eigenvalue weighted by atomic mass is 32.2. The molecule has 0 aromatic heterocycles. The van der Waals surface area contributed by atoms with E-state index in [9.17, 15) is 18.0 Å². The lowest BCUT2D eigenvalue weighted by Crippen LogP contribution is -2.31. The number of aliphatic carboxylic acids is 1. The van der Waals surface area contributed by atoms with Crippen LogP contribution in [0.4, 0.5) is 0 Å². The normalized spacial score (nSPS) is 11.5. The van der Waals surface area contributed by atoms with Crippen LogP contribution in [0.1, 0.15) is 21.5 Å². The van der Waals surface area contributed by atoms with E-state index in [0.29, 0.717) is 11.1 Å². The van der Waals surface area contributed by atoms with E-state index >= 15 is 0 Å². The van der Waals surface area contributed by atoms with Gasteiger partial charge in [-0.15, -0.1) is 0 Å². The molecule has 114 valence electrons. The van der Waals surface area contributed by atoms with Crippen molar-refractivity contribution < 1.29 is 23.1 Å². The fourth-order valence-electron chi connectivity index (χ4n) is 1.53. The van der Waals surface area contributed by atoms with Gasteiger partial charge in [0.05, 0.1) is 5.75 Å². The Bertz CT molecular complexity index is 680. The quantitative estimate of drug-likeness (QED) is 0.643. The van der Waals surface area contributed by atoms with E-state index < -0.39 is 21.9 Å². The number of aryl methyl sites for hydroxylation is 1. The number of carbonyl (C=O) groups is 2. The van der Waals surface area contributed by atoms with Crippen LogP contribution in [0.5, 0.6) is 0 Å². The summed E-state index contributed by atoms with van der Waals surface area (Å²) in [6, 6.07) is 4.77. The van der Waals surface area contributed by atoms with Crippen molar-refractivity contribution >= 4 is 28.0 Å². The number of rotatable bonds is 6. The van der Waals surface area contributed by atoms with Crippen LogP contribution in [0, 0.1) is 6.92 Å². The highest BCUT2D eigenvalue weighted by Crippen LogP contribution is 2.13. The summed E-state index contributed by atoms with van der Waals surface area (Å²) in [5.74, 6) is -1.89. The van der Waals surface area contributed by atoms with Gasteiger partial charge in [0.25, 0.3) is 5.91 Å². The third kappa shape index (κ3) is 6.19. The molecule has 0 aliphatic heterocycles. The molecule has 1 aromatic rings. The Morgan fingerprint density at radius 1 is 1.38 bits per heavy atom. The Kier molecular flexibility index (Phi) is 5.62. The maximum Gasteiger partial charge on any atom is 0.328 e. The fraction of sp³-hybridized carbons (Fsp3) is 0.231. The highest BCUT2D eigenvalue weighted by molar-refractivity contribution is 7.89. The zero-order valence-electron chi connectivity index (χ0n) is 11.4. The molecule has 0 atom stereocenters. The minimum atomic E-state index is -3.63. The number of sulfonamides is 1. The molecule has 0 bridgehead atoms. The molecular formula is C13H16N2O5S. The van der Waals surface area contributed by atoms with Gasteiger partial charge in [-0.25, -0.2) is 18.4 Å². The fourth-order valence-corrected chi connectivity index (χ4v) is 1.92. The minimum Gasteiger partial charge on any atom is -0.478 e. The summed E-state index contributed by atoms with van der Waals surface area (Å²) in [6.07, 6.45) is 2.36. The maximum atomic E-state index is 11.8. The smallest absolute Gasteiger partial charge is 0.328 e. The lowest BCUT2D eigenvalue weighted by molar-refractivity contribution is -0.131. The Morgan fingerprint density at radius 3 is 2.62 bits per heavy atom.